The molecule has 2 aliphatic rings. The zero-order chi connectivity index (χ0) is 20.5. The van der Waals surface area contributed by atoms with Gasteiger partial charge in [0.2, 0.25) is 0 Å². The van der Waals surface area contributed by atoms with E-state index in [4.69, 9.17) is 9.15 Å². The van der Waals surface area contributed by atoms with E-state index in [1.54, 1.807) is 26.6 Å². The van der Waals surface area contributed by atoms with Gasteiger partial charge in [-0.1, -0.05) is 35.5 Å². The number of nitrogens with zero attached hydrogens (tertiary/aromatic N) is 5. The van der Waals surface area contributed by atoms with Gasteiger partial charge in [0.05, 0.1) is 25.1 Å². The van der Waals surface area contributed by atoms with Gasteiger partial charge >= 0.3 is 0 Å². The van der Waals surface area contributed by atoms with Gasteiger partial charge in [0.15, 0.2) is 11.5 Å². The Morgan fingerprint density at radius 1 is 0.933 bits per heavy atom. The quantitative estimate of drug-likeness (QED) is 0.657. The lowest BCUT2D eigenvalue weighted by Gasteiger charge is -2.34. The number of benzene rings is 1. The van der Waals surface area contributed by atoms with E-state index in [1.165, 1.54) is 6.26 Å². The van der Waals surface area contributed by atoms with Crippen LogP contribution in [0.1, 0.15) is 38.4 Å². The minimum absolute atomic E-state index is 0.112. The molecular weight excluding hydrogens is 386 g/mol. The number of rotatable bonds is 3. The fourth-order valence-electron chi connectivity index (χ4n) is 3.87. The summed E-state index contributed by atoms with van der Waals surface area (Å²) in [6.45, 7) is 2.56. The van der Waals surface area contributed by atoms with E-state index in [2.05, 4.69) is 10.3 Å². The van der Waals surface area contributed by atoms with Crippen LogP contribution in [-0.2, 0) is 17.9 Å². The highest BCUT2D eigenvalue weighted by molar-refractivity contribution is 5.94. The van der Waals surface area contributed by atoms with Crippen molar-refractivity contribution in [3.05, 3.63) is 71.4 Å². The van der Waals surface area contributed by atoms with Crippen molar-refractivity contribution in [3.8, 4) is 0 Å². The second kappa shape index (κ2) is 7.75. The monoisotopic (exact) mass is 407 g/mol. The summed E-state index contributed by atoms with van der Waals surface area (Å²) in [7, 11) is 0. The van der Waals surface area contributed by atoms with Crippen LogP contribution < -0.4 is 0 Å². The molecule has 30 heavy (non-hydrogen) atoms. The molecule has 0 radical (unpaired) electrons. The lowest BCUT2D eigenvalue weighted by Crippen LogP contribution is -2.50. The summed E-state index contributed by atoms with van der Waals surface area (Å²) in [5.41, 5.74) is 2.09. The number of hydrogen-bond acceptors (Lipinski definition) is 6. The number of ether oxygens (including phenoxy) is 1. The molecule has 2 aliphatic heterocycles. The summed E-state index contributed by atoms with van der Waals surface area (Å²) >= 11 is 0. The molecule has 0 aliphatic carbocycles. The molecule has 0 bridgehead atoms. The zero-order valence-electron chi connectivity index (χ0n) is 16.3. The Balaban J connectivity index is 1.24. The van der Waals surface area contributed by atoms with Crippen LogP contribution in [0.2, 0.25) is 0 Å². The van der Waals surface area contributed by atoms with E-state index in [0.717, 1.165) is 5.56 Å². The van der Waals surface area contributed by atoms with Crippen molar-refractivity contribution in [1.29, 1.82) is 0 Å². The maximum atomic E-state index is 13.0. The Hall–Kier alpha value is -3.46. The summed E-state index contributed by atoms with van der Waals surface area (Å²) in [4.78, 5) is 28.8. The average molecular weight is 407 g/mol. The molecule has 1 saturated heterocycles. The first kappa shape index (κ1) is 18.6. The highest BCUT2D eigenvalue weighted by Gasteiger charge is 2.32. The molecule has 1 atom stereocenters. The van der Waals surface area contributed by atoms with E-state index < -0.39 is 0 Å². The largest absolute Gasteiger partial charge is 0.459 e. The van der Waals surface area contributed by atoms with Crippen LogP contribution >= 0.6 is 0 Å². The van der Waals surface area contributed by atoms with Gasteiger partial charge in [-0.25, -0.2) is 4.68 Å². The number of carbonyl (C=O) groups is 2. The van der Waals surface area contributed by atoms with Crippen molar-refractivity contribution in [2.24, 2.45) is 0 Å². The summed E-state index contributed by atoms with van der Waals surface area (Å²) in [5, 5.41) is 8.33. The molecule has 2 amide bonds. The molecule has 1 fully saturated rings. The van der Waals surface area contributed by atoms with Crippen LogP contribution in [0, 0.1) is 0 Å². The van der Waals surface area contributed by atoms with Gasteiger partial charge in [-0.3, -0.25) is 9.59 Å². The van der Waals surface area contributed by atoms with E-state index in [-0.39, 0.29) is 24.5 Å². The first-order chi connectivity index (χ1) is 14.7. The molecule has 5 rings (SSSR count). The van der Waals surface area contributed by atoms with Gasteiger partial charge in [0, 0.05) is 26.2 Å². The second-order valence-corrected chi connectivity index (χ2v) is 7.34. The number of carbonyl (C=O) groups excluding carboxylic acids is 2. The van der Waals surface area contributed by atoms with E-state index in [0.29, 0.717) is 49.9 Å². The summed E-state index contributed by atoms with van der Waals surface area (Å²) in [6.07, 6.45) is 1.37. The Morgan fingerprint density at radius 3 is 2.37 bits per heavy atom. The smallest absolute Gasteiger partial charge is 0.289 e. The predicted molar refractivity (Wildman–Crippen MR) is 105 cm³/mol. The third-order valence-electron chi connectivity index (χ3n) is 5.56. The fourth-order valence-corrected chi connectivity index (χ4v) is 3.87. The highest BCUT2D eigenvalue weighted by Crippen LogP contribution is 2.27. The number of hydrogen-bond donors (Lipinski definition) is 0. The number of furan rings is 1. The first-order valence-corrected chi connectivity index (χ1v) is 9.91. The number of piperazine rings is 1. The van der Waals surface area contributed by atoms with Crippen molar-refractivity contribution in [3.63, 3.8) is 0 Å². The molecule has 0 spiro atoms. The molecule has 4 heterocycles. The van der Waals surface area contributed by atoms with Crippen LogP contribution in [-0.4, -0.2) is 62.8 Å². The molecule has 9 heteroatoms. The van der Waals surface area contributed by atoms with Crippen LogP contribution in [0.25, 0.3) is 0 Å². The van der Waals surface area contributed by atoms with Crippen molar-refractivity contribution < 1.29 is 18.7 Å². The normalized spacial score (nSPS) is 18.9. The Kier molecular flexibility index (Phi) is 4.80. The van der Waals surface area contributed by atoms with Gasteiger partial charge < -0.3 is 19.0 Å². The van der Waals surface area contributed by atoms with E-state index in [1.807, 2.05) is 30.3 Å². The minimum atomic E-state index is -0.178. The molecule has 154 valence electrons. The van der Waals surface area contributed by atoms with Crippen molar-refractivity contribution in [1.82, 2.24) is 24.8 Å². The predicted octanol–water partition coefficient (Wildman–Crippen LogP) is 1.74. The maximum Gasteiger partial charge on any atom is 0.289 e. The minimum Gasteiger partial charge on any atom is -0.459 e. The Bertz CT molecular complexity index is 1040. The lowest BCUT2D eigenvalue weighted by molar-refractivity contribution is -0.00203. The third kappa shape index (κ3) is 3.37. The van der Waals surface area contributed by atoms with E-state index >= 15 is 0 Å². The van der Waals surface area contributed by atoms with Gasteiger partial charge in [-0.05, 0) is 17.7 Å². The maximum absolute atomic E-state index is 13.0. The first-order valence-electron chi connectivity index (χ1n) is 9.91. The Labute approximate surface area is 172 Å². The highest BCUT2D eigenvalue weighted by atomic mass is 16.5. The van der Waals surface area contributed by atoms with E-state index in [9.17, 15) is 9.59 Å². The van der Waals surface area contributed by atoms with Crippen LogP contribution in [0.5, 0.6) is 0 Å². The molecule has 0 saturated carbocycles. The van der Waals surface area contributed by atoms with Crippen molar-refractivity contribution in [2.75, 3.05) is 26.2 Å². The molecular formula is C21H21N5O4. The molecule has 3 aromatic rings. The SMILES string of the molecule is O=C(c1ccco1)N1CCN(C(=O)c2nnn3c2COC(c2ccccc2)C3)CC1. The van der Waals surface area contributed by atoms with Crippen molar-refractivity contribution in [2.45, 2.75) is 19.3 Å². The molecule has 1 aromatic carbocycles. The Morgan fingerprint density at radius 2 is 1.67 bits per heavy atom. The van der Waals surface area contributed by atoms with Gasteiger partial charge in [0.25, 0.3) is 11.8 Å². The fraction of sp³-hybridized carbons (Fsp3) is 0.333. The molecule has 0 N–H and O–H groups in total. The van der Waals surface area contributed by atoms with Crippen molar-refractivity contribution >= 4 is 11.8 Å². The van der Waals surface area contributed by atoms with Crippen LogP contribution in [0.15, 0.2) is 53.1 Å². The van der Waals surface area contributed by atoms with Gasteiger partial charge in [-0.2, -0.15) is 0 Å². The molecule has 9 nitrogen and oxygen atoms in total. The number of fused-ring (bicyclic) bond motifs is 1. The van der Waals surface area contributed by atoms with Gasteiger partial charge in [0.1, 0.15) is 6.10 Å². The van der Waals surface area contributed by atoms with Crippen LogP contribution in [0.3, 0.4) is 0 Å². The summed E-state index contributed by atoms with van der Waals surface area (Å²) in [5.74, 6) is -0.0242. The third-order valence-corrected chi connectivity index (χ3v) is 5.56. The number of amides is 2. The van der Waals surface area contributed by atoms with Gasteiger partial charge in [-0.15, -0.1) is 5.10 Å². The number of aromatic nitrogens is 3. The average Bonchev–Trinajstić information content (AvgIpc) is 3.49. The zero-order valence-corrected chi connectivity index (χ0v) is 16.3. The summed E-state index contributed by atoms with van der Waals surface area (Å²) < 4.78 is 12.9. The summed E-state index contributed by atoms with van der Waals surface area (Å²) in [6, 6.07) is 13.3. The lowest BCUT2D eigenvalue weighted by atomic mass is 10.1. The molecule has 2 aromatic heterocycles. The second-order valence-electron chi connectivity index (χ2n) is 7.34. The topological polar surface area (TPSA) is 93.7 Å². The standard InChI is InChI=1S/C21H21N5O4/c27-20(17-7-4-12-29-17)24-8-10-25(11-9-24)21(28)19-16-14-30-18(13-26(16)23-22-19)15-5-2-1-3-6-15/h1-7,12,18H,8-11,13-14H2. The molecule has 1 unspecified atom stereocenters. The van der Waals surface area contributed by atoms with Crippen LogP contribution in [0.4, 0.5) is 0 Å².